The molecule has 3 rings (SSSR count). The molecule has 3 aromatic rings. The molecule has 0 radical (unpaired) electrons. The van der Waals surface area contributed by atoms with E-state index in [1.165, 1.54) is 25.1 Å². The van der Waals surface area contributed by atoms with E-state index in [1.54, 1.807) is 0 Å². The van der Waals surface area contributed by atoms with E-state index < -0.39 is 28.5 Å². The lowest BCUT2D eigenvalue weighted by Gasteiger charge is -2.18. The third-order valence-electron chi connectivity index (χ3n) is 5.82. The number of amides is 1. The van der Waals surface area contributed by atoms with E-state index in [1.807, 2.05) is 55.4 Å². The largest absolute Gasteiger partial charge is 0.492 e. The van der Waals surface area contributed by atoms with Gasteiger partial charge in [-0.15, -0.1) is 0 Å². The van der Waals surface area contributed by atoms with Gasteiger partial charge in [0.1, 0.15) is 29.3 Å². The molecule has 0 unspecified atom stereocenters. The summed E-state index contributed by atoms with van der Waals surface area (Å²) in [4.78, 5) is 35.6. The second kappa shape index (κ2) is 13.9. The van der Waals surface area contributed by atoms with Crippen molar-refractivity contribution in [3.63, 3.8) is 0 Å². The van der Waals surface area contributed by atoms with Gasteiger partial charge in [-0.05, 0) is 43.1 Å². The smallest absolute Gasteiger partial charge is 0.305 e. The van der Waals surface area contributed by atoms with Crippen molar-refractivity contribution >= 4 is 44.6 Å². The van der Waals surface area contributed by atoms with Crippen molar-refractivity contribution in [2.45, 2.75) is 30.7 Å². The molecule has 11 nitrogen and oxygen atoms in total. The Morgan fingerprint density at radius 2 is 1.75 bits per heavy atom. The molecule has 0 fully saturated rings. The SMILES string of the molecule is CC(=O)Nc1ccc(S(=O)(=O)N[C@@H](C=O)CC(=O)O)c(OCCc2c(OCCN(C)C)ccc3ccccc23)c1. The molecule has 40 heavy (non-hydrogen) atoms. The quantitative estimate of drug-likeness (QED) is 0.234. The number of likely N-dealkylation sites (N-methyl/N-ethyl adjacent to an activating group) is 1. The van der Waals surface area contributed by atoms with Crippen LogP contribution in [-0.2, 0) is 30.8 Å². The zero-order valence-corrected chi connectivity index (χ0v) is 23.4. The molecular formula is C28H33N3O8S. The van der Waals surface area contributed by atoms with Crippen LogP contribution in [0.5, 0.6) is 11.5 Å². The number of carbonyl (C=O) groups excluding carboxylic acids is 2. The van der Waals surface area contributed by atoms with Crippen LogP contribution in [0, 0.1) is 0 Å². The normalized spacial score (nSPS) is 12.2. The Kier molecular flexibility index (Phi) is 10.6. The Morgan fingerprint density at radius 3 is 2.42 bits per heavy atom. The fraction of sp³-hybridized carbons (Fsp3) is 0.321. The van der Waals surface area contributed by atoms with Crippen molar-refractivity contribution < 1.29 is 37.4 Å². The van der Waals surface area contributed by atoms with E-state index in [0.29, 0.717) is 24.5 Å². The number of aliphatic carboxylic acids is 1. The Morgan fingerprint density at radius 1 is 1.02 bits per heavy atom. The number of ether oxygens (including phenoxy) is 2. The monoisotopic (exact) mass is 571 g/mol. The van der Waals surface area contributed by atoms with Gasteiger partial charge in [0.15, 0.2) is 0 Å². The van der Waals surface area contributed by atoms with Crippen LogP contribution in [0.1, 0.15) is 18.9 Å². The van der Waals surface area contributed by atoms with E-state index in [0.717, 1.165) is 22.9 Å². The van der Waals surface area contributed by atoms with E-state index >= 15 is 0 Å². The summed E-state index contributed by atoms with van der Waals surface area (Å²) in [5, 5.41) is 13.6. The maximum Gasteiger partial charge on any atom is 0.305 e. The van der Waals surface area contributed by atoms with Crippen molar-refractivity contribution in [1.29, 1.82) is 0 Å². The number of sulfonamides is 1. The zero-order valence-electron chi connectivity index (χ0n) is 22.5. The fourth-order valence-electron chi connectivity index (χ4n) is 4.00. The van der Waals surface area contributed by atoms with Gasteiger partial charge in [0.05, 0.1) is 19.1 Å². The van der Waals surface area contributed by atoms with Crippen molar-refractivity contribution in [3.05, 3.63) is 60.2 Å². The molecule has 3 N–H and O–H groups in total. The number of hydrogen-bond donors (Lipinski definition) is 3. The molecule has 0 saturated heterocycles. The molecule has 0 aromatic heterocycles. The van der Waals surface area contributed by atoms with Crippen molar-refractivity contribution in [2.75, 3.05) is 39.2 Å². The van der Waals surface area contributed by atoms with E-state index in [9.17, 15) is 22.8 Å². The maximum atomic E-state index is 13.1. The first-order chi connectivity index (χ1) is 19.0. The Bertz CT molecular complexity index is 1470. The van der Waals surface area contributed by atoms with Gasteiger partial charge in [-0.25, -0.2) is 13.1 Å². The van der Waals surface area contributed by atoms with E-state index in [2.05, 4.69) is 10.0 Å². The number of benzene rings is 3. The molecule has 1 atom stereocenters. The van der Waals surface area contributed by atoms with Crippen LogP contribution in [0.3, 0.4) is 0 Å². The minimum Gasteiger partial charge on any atom is -0.492 e. The topological polar surface area (TPSA) is 151 Å². The molecule has 214 valence electrons. The summed E-state index contributed by atoms with van der Waals surface area (Å²) in [6, 6.07) is 14.2. The van der Waals surface area contributed by atoms with Crippen LogP contribution in [0.25, 0.3) is 10.8 Å². The number of carboxylic acid groups (broad SMARTS) is 1. The molecular weight excluding hydrogens is 538 g/mol. The number of nitrogens with zero attached hydrogens (tertiary/aromatic N) is 1. The van der Waals surface area contributed by atoms with E-state index in [-0.39, 0.29) is 29.4 Å². The van der Waals surface area contributed by atoms with Gasteiger partial charge in [0.2, 0.25) is 15.9 Å². The highest BCUT2D eigenvalue weighted by Crippen LogP contribution is 2.31. The Hall–Kier alpha value is -4.00. The number of aldehydes is 1. The highest BCUT2D eigenvalue weighted by atomic mass is 32.2. The van der Waals surface area contributed by atoms with Crippen molar-refractivity contribution in [2.24, 2.45) is 0 Å². The third kappa shape index (κ3) is 8.50. The average Bonchev–Trinajstić information content (AvgIpc) is 2.88. The van der Waals surface area contributed by atoms with Gasteiger partial charge < -0.3 is 29.6 Å². The molecule has 0 heterocycles. The van der Waals surface area contributed by atoms with Gasteiger partial charge in [-0.2, -0.15) is 0 Å². The molecule has 0 bridgehead atoms. The second-order valence-corrected chi connectivity index (χ2v) is 11.0. The maximum absolute atomic E-state index is 13.1. The Balaban J connectivity index is 1.91. The summed E-state index contributed by atoms with van der Waals surface area (Å²) < 4.78 is 40.3. The number of hydrogen-bond acceptors (Lipinski definition) is 8. The van der Waals surface area contributed by atoms with Crippen molar-refractivity contribution in [3.8, 4) is 11.5 Å². The standard InChI is InChI=1S/C28H33N3O8S/c1-19(33)29-21-9-11-27(40(36,37)30-22(18-32)17-28(34)35)26(16-21)38-14-12-24-23-7-5-4-6-20(23)8-10-25(24)39-15-13-31(2)3/h4-11,16,18,22,30H,12-15,17H2,1-3H3,(H,29,33)(H,34,35)/t22-/m1/s1. The first-order valence-corrected chi connectivity index (χ1v) is 14.0. The molecule has 0 spiro atoms. The fourth-order valence-corrected chi connectivity index (χ4v) is 5.30. The van der Waals surface area contributed by atoms with Gasteiger partial charge >= 0.3 is 5.97 Å². The summed E-state index contributed by atoms with van der Waals surface area (Å²) in [6.45, 7) is 2.55. The summed E-state index contributed by atoms with van der Waals surface area (Å²) in [6.07, 6.45) is -0.136. The highest BCUT2D eigenvalue weighted by molar-refractivity contribution is 7.89. The first kappa shape index (κ1) is 30.5. The average molecular weight is 572 g/mol. The van der Waals surface area contributed by atoms with Gasteiger partial charge in [-0.1, -0.05) is 30.3 Å². The van der Waals surface area contributed by atoms with Gasteiger partial charge in [-0.3, -0.25) is 9.59 Å². The van der Waals surface area contributed by atoms with Crippen LogP contribution >= 0.6 is 0 Å². The molecule has 3 aromatic carbocycles. The van der Waals surface area contributed by atoms with E-state index in [4.69, 9.17) is 14.6 Å². The molecule has 1 amide bonds. The predicted molar refractivity (Wildman–Crippen MR) is 150 cm³/mol. The highest BCUT2D eigenvalue weighted by Gasteiger charge is 2.25. The second-order valence-electron chi connectivity index (χ2n) is 9.32. The Labute approximate surface area is 233 Å². The predicted octanol–water partition coefficient (Wildman–Crippen LogP) is 2.68. The minimum absolute atomic E-state index is 0.0519. The van der Waals surface area contributed by atoms with Gasteiger partial charge in [0, 0.05) is 37.2 Å². The number of fused-ring (bicyclic) bond motifs is 1. The number of carbonyl (C=O) groups is 3. The van der Waals surface area contributed by atoms with Crippen LogP contribution < -0.4 is 19.5 Å². The van der Waals surface area contributed by atoms with Crippen LogP contribution in [0.2, 0.25) is 0 Å². The lowest BCUT2D eigenvalue weighted by atomic mass is 10.0. The summed E-state index contributed by atoms with van der Waals surface area (Å²) in [5.74, 6) is -1.09. The number of carboxylic acids is 1. The zero-order chi connectivity index (χ0) is 29.3. The summed E-state index contributed by atoms with van der Waals surface area (Å²) >= 11 is 0. The van der Waals surface area contributed by atoms with Crippen LogP contribution in [0.4, 0.5) is 5.69 Å². The summed E-state index contributed by atoms with van der Waals surface area (Å²) in [7, 11) is -0.460. The summed E-state index contributed by atoms with van der Waals surface area (Å²) in [5.41, 5.74) is 1.19. The lowest BCUT2D eigenvalue weighted by molar-refractivity contribution is -0.138. The lowest BCUT2D eigenvalue weighted by Crippen LogP contribution is -2.37. The minimum atomic E-state index is -4.36. The van der Waals surface area contributed by atoms with Crippen LogP contribution in [-0.4, -0.2) is 76.5 Å². The van der Waals surface area contributed by atoms with Gasteiger partial charge in [0.25, 0.3) is 0 Å². The molecule has 0 aliphatic carbocycles. The number of nitrogens with one attached hydrogen (secondary N) is 2. The van der Waals surface area contributed by atoms with Crippen molar-refractivity contribution in [1.82, 2.24) is 9.62 Å². The number of anilines is 1. The molecule has 0 saturated carbocycles. The molecule has 0 aliphatic rings. The van der Waals surface area contributed by atoms with Crippen LogP contribution in [0.15, 0.2) is 59.5 Å². The molecule has 12 heteroatoms. The molecule has 0 aliphatic heterocycles. The third-order valence-corrected chi connectivity index (χ3v) is 7.35. The first-order valence-electron chi connectivity index (χ1n) is 12.5. The number of rotatable bonds is 15.